The highest BCUT2D eigenvalue weighted by atomic mass is 35.5. The molecule has 0 saturated carbocycles. The van der Waals surface area contributed by atoms with Crippen molar-refractivity contribution in [2.75, 3.05) is 6.61 Å². The van der Waals surface area contributed by atoms with Gasteiger partial charge in [0, 0.05) is 11.3 Å². The molecular formula is C8H7ClN2OS2. The maximum absolute atomic E-state index is 5.71. The number of hydrogen-bond acceptors (Lipinski definition) is 5. The highest BCUT2D eigenvalue weighted by Gasteiger charge is 2.05. The molecule has 0 fully saturated rings. The molecule has 0 unspecified atom stereocenters. The molecule has 2 rings (SSSR count). The van der Waals surface area contributed by atoms with Gasteiger partial charge >= 0.3 is 0 Å². The summed E-state index contributed by atoms with van der Waals surface area (Å²) in [4.78, 5) is 1.30. The number of nitrogens with zero attached hydrogens (tertiary/aromatic N) is 2. The predicted molar refractivity (Wildman–Crippen MR) is 58.4 cm³/mol. The fourth-order valence-corrected chi connectivity index (χ4v) is 2.29. The van der Waals surface area contributed by atoms with Crippen molar-refractivity contribution in [2.45, 2.75) is 6.42 Å². The standard InChI is InChI=1S/C8H7ClN2OS2/c9-7-8(11-14-10-7)12-4-3-6-2-1-5-13-6/h1-2,5H,3-4H2. The van der Waals surface area contributed by atoms with Crippen LogP contribution in [0.3, 0.4) is 0 Å². The van der Waals surface area contributed by atoms with E-state index in [1.807, 2.05) is 11.4 Å². The van der Waals surface area contributed by atoms with Gasteiger partial charge in [-0.2, -0.15) is 4.37 Å². The van der Waals surface area contributed by atoms with Crippen LogP contribution in [0, 0.1) is 0 Å². The largest absolute Gasteiger partial charge is 0.474 e. The van der Waals surface area contributed by atoms with Crippen LogP contribution in [-0.4, -0.2) is 15.4 Å². The van der Waals surface area contributed by atoms with Gasteiger partial charge in [-0.05, 0) is 11.4 Å². The molecule has 0 aromatic carbocycles. The van der Waals surface area contributed by atoms with Gasteiger partial charge in [-0.1, -0.05) is 17.7 Å². The molecule has 0 saturated heterocycles. The summed E-state index contributed by atoms with van der Waals surface area (Å²) in [6, 6.07) is 4.10. The minimum absolute atomic E-state index is 0.348. The van der Waals surface area contributed by atoms with Crippen molar-refractivity contribution >= 4 is 34.7 Å². The Bertz CT molecular complexity index is 388. The smallest absolute Gasteiger partial charge is 0.265 e. The normalized spacial score (nSPS) is 10.4. The molecule has 0 radical (unpaired) electrons. The van der Waals surface area contributed by atoms with Gasteiger partial charge in [0.1, 0.15) is 0 Å². The second-order valence-electron chi connectivity index (χ2n) is 2.54. The quantitative estimate of drug-likeness (QED) is 0.832. The summed E-state index contributed by atoms with van der Waals surface area (Å²) >= 11 is 8.49. The lowest BCUT2D eigenvalue weighted by Gasteiger charge is -2.00. The summed E-state index contributed by atoms with van der Waals surface area (Å²) in [6.45, 7) is 0.589. The third kappa shape index (κ3) is 2.43. The molecule has 2 heterocycles. The first-order chi connectivity index (χ1) is 6.86. The SMILES string of the molecule is Clc1nsnc1OCCc1cccs1. The molecule has 74 valence electrons. The van der Waals surface area contributed by atoms with Crippen LogP contribution in [-0.2, 0) is 6.42 Å². The van der Waals surface area contributed by atoms with Crippen molar-refractivity contribution < 1.29 is 4.74 Å². The molecule has 14 heavy (non-hydrogen) atoms. The van der Waals surface area contributed by atoms with E-state index in [-0.39, 0.29) is 0 Å². The number of ether oxygens (including phenoxy) is 1. The first-order valence-electron chi connectivity index (χ1n) is 3.99. The Morgan fingerprint density at radius 1 is 1.43 bits per heavy atom. The van der Waals surface area contributed by atoms with E-state index in [1.54, 1.807) is 11.3 Å². The van der Waals surface area contributed by atoms with E-state index in [0.29, 0.717) is 17.6 Å². The van der Waals surface area contributed by atoms with Crippen molar-refractivity contribution in [3.63, 3.8) is 0 Å². The van der Waals surface area contributed by atoms with Crippen LogP contribution in [0.25, 0.3) is 0 Å². The average molecular weight is 247 g/mol. The van der Waals surface area contributed by atoms with E-state index >= 15 is 0 Å². The van der Waals surface area contributed by atoms with Crippen molar-refractivity contribution in [3.05, 3.63) is 27.5 Å². The summed E-state index contributed by atoms with van der Waals surface area (Å²) in [5.74, 6) is 0.438. The molecule has 0 spiro atoms. The average Bonchev–Trinajstić information content (AvgIpc) is 2.78. The lowest BCUT2D eigenvalue weighted by Crippen LogP contribution is -2.00. The van der Waals surface area contributed by atoms with Crippen LogP contribution >= 0.6 is 34.7 Å². The summed E-state index contributed by atoms with van der Waals surface area (Å²) in [6.07, 6.45) is 0.880. The molecule has 0 aliphatic heterocycles. The third-order valence-electron chi connectivity index (χ3n) is 1.59. The van der Waals surface area contributed by atoms with Crippen LogP contribution in [0.2, 0.25) is 5.15 Å². The Kier molecular flexibility index (Phi) is 3.34. The number of thiophene rings is 1. The molecular weight excluding hydrogens is 240 g/mol. The Morgan fingerprint density at radius 2 is 2.36 bits per heavy atom. The Balaban J connectivity index is 1.81. The van der Waals surface area contributed by atoms with Crippen molar-refractivity contribution in [1.82, 2.24) is 8.75 Å². The lowest BCUT2D eigenvalue weighted by molar-refractivity contribution is 0.313. The predicted octanol–water partition coefficient (Wildman–Crippen LogP) is 2.87. The molecule has 0 aliphatic rings. The molecule has 0 bridgehead atoms. The van der Waals surface area contributed by atoms with Crippen molar-refractivity contribution in [3.8, 4) is 5.88 Å². The van der Waals surface area contributed by atoms with E-state index < -0.39 is 0 Å². The van der Waals surface area contributed by atoms with Crippen LogP contribution < -0.4 is 4.74 Å². The third-order valence-corrected chi connectivity index (χ3v) is 3.38. The Morgan fingerprint density at radius 3 is 3.00 bits per heavy atom. The van der Waals surface area contributed by atoms with Gasteiger partial charge in [-0.25, -0.2) is 0 Å². The molecule has 6 heteroatoms. The van der Waals surface area contributed by atoms with Gasteiger partial charge in [0.15, 0.2) is 0 Å². The summed E-state index contributed by atoms with van der Waals surface area (Å²) in [5, 5.41) is 2.40. The maximum atomic E-state index is 5.71. The minimum atomic E-state index is 0.348. The zero-order valence-electron chi connectivity index (χ0n) is 7.14. The first-order valence-corrected chi connectivity index (χ1v) is 5.98. The van der Waals surface area contributed by atoms with Crippen LogP contribution in [0.1, 0.15) is 4.88 Å². The second-order valence-corrected chi connectivity index (χ2v) is 4.46. The summed E-state index contributed by atoms with van der Waals surface area (Å²) < 4.78 is 13.1. The highest BCUT2D eigenvalue weighted by molar-refractivity contribution is 7.09. The molecule has 3 nitrogen and oxygen atoms in total. The van der Waals surface area contributed by atoms with Gasteiger partial charge in [-0.15, -0.1) is 15.7 Å². The zero-order valence-corrected chi connectivity index (χ0v) is 9.53. The van der Waals surface area contributed by atoms with Gasteiger partial charge in [0.25, 0.3) is 5.88 Å². The van der Waals surface area contributed by atoms with E-state index in [4.69, 9.17) is 16.3 Å². The van der Waals surface area contributed by atoms with E-state index in [0.717, 1.165) is 18.1 Å². The zero-order chi connectivity index (χ0) is 9.80. The fourth-order valence-electron chi connectivity index (χ4n) is 0.959. The summed E-state index contributed by atoms with van der Waals surface area (Å²) in [7, 11) is 0. The number of aromatic nitrogens is 2. The van der Waals surface area contributed by atoms with Gasteiger partial charge in [0.2, 0.25) is 5.15 Å². The first kappa shape index (κ1) is 9.89. The van der Waals surface area contributed by atoms with Gasteiger partial charge < -0.3 is 4.74 Å². The monoisotopic (exact) mass is 246 g/mol. The summed E-state index contributed by atoms with van der Waals surface area (Å²) in [5.41, 5.74) is 0. The highest BCUT2D eigenvalue weighted by Crippen LogP contribution is 2.20. The minimum Gasteiger partial charge on any atom is -0.474 e. The van der Waals surface area contributed by atoms with Gasteiger partial charge in [0.05, 0.1) is 18.3 Å². The second kappa shape index (κ2) is 4.72. The number of halogens is 1. The topological polar surface area (TPSA) is 35.0 Å². The Labute approximate surface area is 94.6 Å². The van der Waals surface area contributed by atoms with Crippen LogP contribution in [0.5, 0.6) is 5.88 Å². The van der Waals surface area contributed by atoms with Crippen LogP contribution in [0.15, 0.2) is 17.5 Å². The molecule has 0 N–H and O–H groups in total. The van der Waals surface area contributed by atoms with Crippen LogP contribution in [0.4, 0.5) is 0 Å². The molecule has 0 aliphatic carbocycles. The van der Waals surface area contributed by atoms with Crippen molar-refractivity contribution in [1.29, 1.82) is 0 Å². The fraction of sp³-hybridized carbons (Fsp3) is 0.250. The molecule has 2 aromatic rings. The molecule has 2 aromatic heterocycles. The number of rotatable bonds is 4. The van der Waals surface area contributed by atoms with Crippen molar-refractivity contribution in [2.24, 2.45) is 0 Å². The van der Waals surface area contributed by atoms with E-state index in [2.05, 4.69) is 14.8 Å². The van der Waals surface area contributed by atoms with E-state index in [1.165, 1.54) is 4.88 Å². The maximum Gasteiger partial charge on any atom is 0.265 e. The van der Waals surface area contributed by atoms with E-state index in [9.17, 15) is 0 Å². The molecule has 0 amide bonds. The van der Waals surface area contributed by atoms with Gasteiger partial charge in [-0.3, -0.25) is 0 Å². The Hall–Kier alpha value is -0.650. The number of hydrogen-bond donors (Lipinski definition) is 0. The lowest BCUT2D eigenvalue weighted by atomic mass is 10.4. The molecule has 0 atom stereocenters.